The second kappa shape index (κ2) is 7.58. The number of aryl methyl sites for hydroxylation is 1. The fraction of sp³-hybridized carbons (Fsp3) is 0.435. The smallest absolute Gasteiger partial charge is 0.276 e. The summed E-state index contributed by atoms with van der Waals surface area (Å²) in [4.78, 5) is 47.1. The number of pyridine rings is 1. The summed E-state index contributed by atoms with van der Waals surface area (Å²) < 4.78 is 1.63. The first kappa shape index (κ1) is 20.4. The Kier molecular flexibility index (Phi) is 4.83. The van der Waals surface area contributed by atoms with E-state index in [4.69, 9.17) is 0 Å². The first-order chi connectivity index (χ1) is 15.4. The van der Waals surface area contributed by atoms with Crippen molar-refractivity contribution in [2.24, 2.45) is 5.92 Å². The standard InChI is InChI=1S/C23H26N6O3/c1-3-14-12-24-22(27-18(14)26-19(30)15-7-8-15)25-16-11-13(2)17-20(31)28-23(29(17)21(16)32)9-5-4-6-10-23/h3,11-12,15H,1,4-10H2,2H3,(H,28,31)(H2,24,25,26,27,30). The van der Waals surface area contributed by atoms with Gasteiger partial charge in [0.1, 0.15) is 22.9 Å². The van der Waals surface area contributed by atoms with E-state index in [2.05, 4.69) is 32.5 Å². The molecule has 3 heterocycles. The highest BCUT2D eigenvalue weighted by atomic mass is 16.2. The molecule has 0 bridgehead atoms. The summed E-state index contributed by atoms with van der Waals surface area (Å²) in [5.74, 6) is 0.293. The van der Waals surface area contributed by atoms with E-state index >= 15 is 0 Å². The lowest BCUT2D eigenvalue weighted by atomic mass is 9.89. The highest BCUT2D eigenvalue weighted by Gasteiger charge is 2.45. The lowest BCUT2D eigenvalue weighted by Crippen LogP contribution is -2.48. The van der Waals surface area contributed by atoms with Gasteiger partial charge in [0, 0.05) is 17.7 Å². The summed E-state index contributed by atoms with van der Waals surface area (Å²) in [5.41, 5.74) is 1.06. The maximum absolute atomic E-state index is 13.5. The Morgan fingerprint density at radius 1 is 1.28 bits per heavy atom. The Hall–Kier alpha value is -3.49. The largest absolute Gasteiger partial charge is 0.327 e. The molecule has 9 nitrogen and oxygen atoms in total. The molecule has 2 fully saturated rings. The van der Waals surface area contributed by atoms with Gasteiger partial charge in [-0.15, -0.1) is 0 Å². The molecular formula is C23H26N6O3. The van der Waals surface area contributed by atoms with Gasteiger partial charge in [-0.05, 0) is 57.1 Å². The van der Waals surface area contributed by atoms with Crippen LogP contribution in [0.15, 0.2) is 23.6 Å². The van der Waals surface area contributed by atoms with Crippen molar-refractivity contribution in [1.82, 2.24) is 19.9 Å². The van der Waals surface area contributed by atoms with E-state index in [1.54, 1.807) is 22.9 Å². The molecule has 1 aliphatic heterocycles. The van der Waals surface area contributed by atoms with Crippen LogP contribution >= 0.6 is 0 Å². The van der Waals surface area contributed by atoms with Gasteiger partial charge in [0.15, 0.2) is 0 Å². The Bertz CT molecular complexity index is 1190. The monoisotopic (exact) mass is 434 g/mol. The highest BCUT2D eigenvalue weighted by Crippen LogP contribution is 2.37. The molecule has 3 aliphatic rings. The summed E-state index contributed by atoms with van der Waals surface area (Å²) in [6.07, 6.45) is 9.36. The van der Waals surface area contributed by atoms with Crippen LogP contribution in [0.25, 0.3) is 6.08 Å². The zero-order valence-corrected chi connectivity index (χ0v) is 18.0. The van der Waals surface area contributed by atoms with E-state index in [0.717, 1.165) is 44.9 Å². The van der Waals surface area contributed by atoms with Crippen LogP contribution in [0.2, 0.25) is 0 Å². The van der Waals surface area contributed by atoms with Crippen LogP contribution in [0, 0.1) is 12.8 Å². The number of fused-ring (bicyclic) bond motifs is 2. The maximum atomic E-state index is 13.5. The van der Waals surface area contributed by atoms with Crippen LogP contribution in [0.4, 0.5) is 17.5 Å². The Labute approximate surface area is 185 Å². The molecule has 0 radical (unpaired) electrons. The van der Waals surface area contributed by atoms with Gasteiger partial charge >= 0.3 is 0 Å². The predicted molar refractivity (Wildman–Crippen MR) is 121 cm³/mol. The zero-order chi connectivity index (χ0) is 22.5. The summed E-state index contributed by atoms with van der Waals surface area (Å²) in [7, 11) is 0. The lowest BCUT2D eigenvalue weighted by Gasteiger charge is -2.35. The fourth-order valence-electron chi connectivity index (χ4n) is 4.72. The van der Waals surface area contributed by atoms with Gasteiger partial charge in [-0.2, -0.15) is 4.98 Å². The van der Waals surface area contributed by atoms with Gasteiger partial charge in [0.25, 0.3) is 11.5 Å². The average Bonchev–Trinajstić information content (AvgIpc) is 3.58. The minimum Gasteiger partial charge on any atom is -0.327 e. The first-order valence-corrected chi connectivity index (χ1v) is 11.1. The third-order valence-corrected chi connectivity index (χ3v) is 6.53. The number of hydrogen-bond acceptors (Lipinski definition) is 6. The first-order valence-electron chi connectivity index (χ1n) is 11.1. The Morgan fingerprint density at radius 2 is 2.03 bits per heavy atom. The van der Waals surface area contributed by atoms with Gasteiger partial charge in [-0.25, -0.2) is 4.98 Å². The van der Waals surface area contributed by atoms with Crippen molar-refractivity contribution >= 4 is 35.3 Å². The van der Waals surface area contributed by atoms with E-state index in [0.29, 0.717) is 28.3 Å². The number of aromatic nitrogens is 3. The number of amides is 2. The third kappa shape index (κ3) is 3.37. The minimum atomic E-state index is -0.666. The van der Waals surface area contributed by atoms with E-state index in [9.17, 15) is 14.4 Å². The maximum Gasteiger partial charge on any atom is 0.276 e. The Balaban J connectivity index is 1.52. The number of nitrogens with zero attached hydrogens (tertiary/aromatic N) is 3. The fourth-order valence-corrected chi connectivity index (χ4v) is 4.72. The van der Waals surface area contributed by atoms with Gasteiger partial charge in [-0.1, -0.05) is 19.1 Å². The number of nitrogens with one attached hydrogen (secondary N) is 3. The number of carbonyl (C=O) groups is 2. The quantitative estimate of drug-likeness (QED) is 0.666. The number of carbonyl (C=O) groups excluding carboxylic acids is 2. The molecule has 2 aromatic rings. The highest BCUT2D eigenvalue weighted by molar-refractivity contribution is 5.97. The molecule has 32 heavy (non-hydrogen) atoms. The van der Waals surface area contributed by atoms with Crippen molar-refractivity contribution in [3.05, 3.63) is 46.0 Å². The molecule has 166 valence electrons. The SMILES string of the molecule is C=Cc1cnc(Nc2cc(C)c3n(c2=O)C2(CCCCC2)NC3=O)nc1NC(=O)C1CC1. The van der Waals surface area contributed by atoms with Crippen LogP contribution in [0.1, 0.15) is 66.6 Å². The number of anilines is 3. The van der Waals surface area contributed by atoms with Gasteiger partial charge in [0.05, 0.1) is 0 Å². The molecule has 2 aromatic heterocycles. The van der Waals surface area contributed by atoms with Gasteiger partial charge in [0.2, 0.25) is 11.9 Å². The summed E-state index contributed by atoms with van der Waals surface area (Å²) >= 11 is 0. The average molecular weight is 435 g/mol. The second-order valence-electron chi connectivity index (χ2n) is 8.87. The van der Waals surface area contributed by atoms with Gasteiger partial charge in [-0.3, -0.25) is 19.0 Å². The predicted octanol–water partition coefficient (Wildman–Crippen LogP) is 3.04. The molecule has 2 amide bonds. The van der Waals surface area contributed by atoms with E-state index in [1.165, 1.54) is 0 Å². The Morgan fingerprint density at radius 3 is 2.72 bits per heavy atom. The molecule has 3 N–H and O–H groups in total. The van der Waals surface area contributed by atoms with Crippen molar-refractivity contribution in [3.63, 3.8) is 0 Å². The van der Waals surface area contributed by atoms with Crippen LogP contribution < -0.4 is 21.5 Å². The molecule has 0 aromatic carbocycles. The molecule has 2 aliphatic carbocycles. The van der Waals surface area contributed by atoms with Crippen molar-refractivity contribution < 1.29 is 9.59 Å². The molecule has 0 atom stereocenters. The third-order valence-electron chi connectivity index (χ3n) is 6.53. The molecule has 2 saturated carbocycles. The van der Waals surface area contributed by atoms with E-state index in [-0.39, 0.29) is 29.2 Å². The van der Waals surface area contributed by atoms with Crippen molar-refractivity contribution in [2.75, 3.05) is 10.6 Å². The van der Waals surface area contributed by atoms with Crippen molar-refractivity contribution in [2.45, 2.75) is 57.5 Å². The summed E-state index contributed by atoms with van der Waals surface area (Å²) in [6, 6.07) is 1.66. The molecule has 5 rings (SSSR count). The van der Waals surface area contributed by atoms with Gasteiger partial charge < -0.3 is 16.0 Å². The van der Waals surface area contributed by atoms with Crippen molar-refractivity contribution in [3.8, 4) is 0 Å². The van der Waals surface area contributed by atoms with Crippen LogP contribution in [0.3, 0.4) is 0 Å². The van der Waals surface area contributed by atoms with Crippen LogP contribution in [0.5, 0.6) is 0 Å². The summed E-state index contributed by atoms with van der Waals surface area (Å²) in [5, 5.41) is 8.92. The van der Waals surface area contributed by atoms with E-state index in [1.807, 2.05) is 6.92 Å². The zero-order valence-electron chi connectivity index (χ0n) is 18.0. The normalized spacial score (nSPS) is 18.7. The summed E-state index contributed by atoms with van der Waals surface area (Å²) in [6.45, 7) is 5.57. The lowest BCUT2D eigenvalue weighted by molar-refractivity contribution is -0.117. The molecule has 1 spiro atoms. The van der Waals surface area contributed by atoms with Crippen LogP contribution in [-0.4, -0.2) is 26.3 Å². The minimum absolute atomic E-state index is 0.0276. The molecule has 9 heteroatoms. The van der Waals surface area contributed by atoms with Crippen molar-refractivity contribution in [1.29, 1.82) is 0 Å². The van der Waals surface area contributed by atoms with E-state index < -0.39 is 5.66 Å². The number of rotatable bonds is 5. The van der Waals surface area contributed by atoms with Crippen LogP contribution in [-0.2, 0) is 10.5 Å². The molecule has 0 saturated heterocycles. The molecular weight excluding hydrogens is 408 g/mol. The molecule has 0 unspecified atom stereocenters. The number of hydrogen-bond donors (Lipinski definition) is 3. The topological polar surface area (TPSA) is 118 Å². The second-order valence-corrected chi connectivity index (χ2v) is 8.87.